The number of hydrogen-bond acceptors (Lipinski definition) is 7. The highest BCUT2D eigenvalue weighted by Gasteiger charge is 2.24. The number of carbonyl (C=O) groups is 1. The van der Waals surface area contributed by atoms with Gasteiger partial charge in [0, 0.05) is 70.9 Å². The molecule has 1 N–H and O–H groups in total. The molecular weight excluding hydrogens is 613 g/mol. The van der Waals surface area contributed by atoms with E-state index in [1.54, 1.807) is 36.5 Å². The van der Waals surface area contributed by atoms with Crippen molar-refractivity contribution in [1.29, 1.82) is 0 Å². The second-order valence-corrected chi connectivity index (χ2v) is 12.1. The number of amides is 1. The van der Waals surface area contributed by atoms with E-state index in [-0.39, 0.29) is 19.2 Å². The zero-order chi connectivity index (χ0) is 32.0. The van der Waals surface area contributed by atoms with Crippen molar-refractivity contribution in [2.75, 3.05) is 57.7 Å². The second kappa shape index (κ2) is 15.6. The first-order valence-electron chi connectivity index (χ1n) is 16.0. The maximum Gasteiger partial charge on any atom is 0.253 e. The van der Waals surface area contributed by atoms with Crippen molar-refractivity contribution >= 4 is 34.9 Å². The van der Waals surface area contributed by atoms with Crippen LogP contribution < -0.4 is 5.32 Å². The fourth-order valence-electron chi connectivity index (χ4n) is 6.11. The Labute approximate surface area is 282 Å². The third kappa shape index (κ3) is 7.87. The van der Waals surface area contributed by atoms with Gasteiger partial charge in [0.25, 0.3) is 5.91 Å². The summed E-state index contributed by atoms with van der Waals surface area (Å²) < 4.78 is 14.8. The van der Waals surface area contributed by atoms with Gasteiger partial charge in [0.15, 0.2) is 0 Å². The smallest absolute Gasteiger partial charge is 0.253 e. The number of aliphatic imine (C=N–C) groups is 1. The number of benzene rings is 3. The topological polar surface area (TPSA) is 77.0 Å². The molecule has 1 saturated heterocycles. The van der Waals surface area contributed by atoms with Crippen molar-refractivity contribution in [1.82, 2.24) is 24.7 Å². The summed E-state index contributed by atoms with van der Waals surface area (Å²) >= 11 is 6.39. The molecule has 1 amide bonds. The molecule has 3 heterocycles. The Morgan fingerprint density at radius 3 is 2.43 bits per heavy atom. The first-order chi connectivity index (χ1) is 22.4. The van der Waals surface area contributed by atoms with Gasteiger partial charge >= 0.3 is 0 Å². The number of rotatable bonds is 10. The lowest BCUT2D eigenvalue weighted by Gasteiger charge is -2.35. The fourth-order valence-corrected chi connectivity index (χ4v) is 6.28. The van der Waals surface area contributed by atoms with E-state index in [0.717, 1.165) is 75.6 Å². The SMILES string of the molecule is C.CCN(CC)CCCN1CCN(C(=O)c2ccc(Nc3ncc4c(n3)-c3ccc(Cl)cc3C(c3ccccc3F)=NC4)cc2)CC1. The van der Waals surface area contributed by atoms with Crippen LogP contribution in [0.3, 0.4) is 0 Å². The molecule has 47 heavy (non-hydrogen) atoms. The Balaban J connectivity index is 0.00000433. The molecule has 0 atom stereocenters. The van der Waals surface area contributed by atoms with Gasteiger partial charge in [-0.05, 0) is 81.1 Å². The largest absolute Gasteiger partial charge is 0.336 e. The van der Waals surface area contributed by atoms with E-state index in [2.05, 4.69) is 33.9 Å². The molecule has 0 bridgehead atoms. The molecule has 1 aromatic heterocycles. The highest BCUT2D eigenvalue weighted by Crippen LogP contribution is 2.34. The lowest BCUT2D eigenvalue weighted by molar-refractivity contribution is 0.0632. The third-order valence-electron chi connectivity index (χ3n) is 8.78. The number of aromatic nitrogens is 2. The number of hydrogen-bond donors (Lipinski definition) is 1. The average Bonchev–Trinajstić information content (AvgIpc) is 3.23. The van der Waals surface area contributed by atoms with Gasteiger partial charge in [-0.15, -0.1) is 0 Å². The molecule has 0 aliphatic carbocycles. The highest BCUT2D eigenvalue weighted by molar-refractivity contribution is 6.31. The molecule has 0 unspecified atom stereocenters. The molecule has 0 spiro atoms. The van der Waals surface area contributed by atoms with Crippen LogP contribution in [0.4, 0.5) is 16.0 Å². The van der Waals surface area contributed by atoms with Crippen molar-refractivity contribution in [2.45, 2.75) is 34.2 Å². The van der Waals surface area contributed by atoms with Crippen LogP contribution in [0.25, 0.3) is 11.3 Å². The van der Waals surface area contributed by atoms with Gasteiger partial charge in [-0.3, -0.25) is 14.7 Å². The number of piperazine rings is 1. The van der Waals surface area contributed by atoms with Crippen molar-refractivity contribution in [3.05, 3.63) is 106 Å². The van der Waals surface area contributed by atoms with Gasteiger partial charge in [0.05, 0.1) is 18.0 Å². The van der Waals surface area contributed by atoms with Crippen molar-refractivity contribution in [3.63, 3.8) is 0 Å². The van der Waals surface area contributed by atoms with Gasteiger partial charge in [0.1, 0.15) is 5.82 Å². The normalized spacial score (nSPS) is 14.5. The van der Waals surface area contributed by atoms with Crippen molar-refractivity contribution in [2.24, 2.45) is 4.99 Å². The summed E-state index contributed by atoms with van der Waals surface area (Å²) in [6, 6.07) is 19.5. The first-order valence-corrected chi connectivity index (χ1v) is 16.4. The summed E-state index contributed by atoms with van der Waals surface area (Å²) in [5, 5.41) is 3.80. The predicted molar refractivity (Wildman–Crippen MR) is 189 cm³/mol. The molecule has 0 saturated carbocycles. The van der Waals surface area contributed by atoms with Gasteiger partial charge in [0.2, 0.25) is 5.95 Å². The third-order valence-corrected chi connectivity index (χ3v) is 9.02. The standard InChI is InChI=1S/C36H39ClFN7O.CH4/c1-3-43(4-2)16-7-17-44-18-20-45(21-19-44)35(46)25-10-13-28(14-11-25)41-36-40-24-26-23-39-34(30-8-5-6-9-32(30)38)31-22-27(37)12-15-29(31)33(26)42-36;/h5-6,8-15,22,24H,3-4,7,16-21,23H2,1-2H3,(H,40,41,42);1H4. The Kier molecular flexibility index (Phi) is 11.3. The van der Waals surface area contributed by atoms with E-state index in [9.17, 15) is 9.18 Å². The van der Waals surface area contributed by atoms with Gasteiger partial charge in [-0.2, -0.15) is 0 Å². The fraction of sp³-hybridized carbons (Fsp3) is 0.351. The maximum absolute atomic E-state index is 14.8. The predicted octanol–water partition coefficient (Wildman–Crippen LogP) is 7.16. The highest BCUT2D eigenvalue weighted by atomic mass is 35.5. The second-order valence-electron chi connectivity index (χ2n) is 11.6. The van der Waals surface area contributed by atoms with Crippen LogP contribution in [-0.2, 0) is 6.54 Å². The summed E-state index contributed by atoms with van der Waals surface area (Å²) in [4.78, 5) is 34.3. The van der Waals surface area contributed by atoms with E-state index in [1.807, 2.05) is 35.2 Å². The molecule has 2 aliphatic rings. The molecule has 2 aliphatic heterocycles. The molecule has 10 heteroatoms. The average molecular weight is 656 g/mol. The minimum absolute atomic E-state index is 0. The molecule has 0 radical (unpaired) electrons. The van der Waals surface area contributed by atoms with Crippen LogP contribution in [-0.4, -0.2) is 88.6 Å². The van der Waals surface area contributed by atoms with Crippen LogP contribution in [0.15, 0.2) is 77.9 Å². The summed E-state index contributed by atoms with van der Waals surface area (Å²) in [5.74, 6) is 0.110. The number of halogens is 2. The molecule has 8 nitrogen and oxygen atoms in total. The number of anilines is 2. The van der Waals surface area contributed by atoms with Crippen LogP contribution in [0.5, 0.6) is 0 Å². The Morgan fingerprint density at radius 2 is 1.70 bits per heavy atom. The van der Waals surface area contributed by atoms with Crippen LogP contribution in [0.2, 0.25) is 5.02 Å². The summed E-state index contributed by atoms with van der Waals surface area (Å²) in [7, 11) is 0. The lowest BCUT2D eigenvalue weighted by atomic mass is 9.95. The Hall–Kier alpha value is -4.18. The number of nitrogens with one attached hydrogen (secondary N) is 1. The monoisotopic (exact) mass is 655 g/mol. The van der Waals surface area contributed by atoms with E-state index in [1.165, 1.54) is 6.07 Å². The minimum Gasteiger partial charge on any atom is -0.336 e. The summed E-state index contributed by atoms with van der Waals surface area (Å²) in [6.07, 6.45) is 2.90. The Bertz CT molecular complexity index is 1720. The van der Waals surface area contributed by atoms with Crippen LogP contribution in [0.1, 0.15) is 54.7 Å². The molecular formula is C37H43ClFN7O. The number of nitrogens with zero attached hydrogens (tertiary/aromatic N) is 6. The van der Waals surface area contributed by atoms with Crippen LogP contribution >= 0.6 is 11.6 Å². The quantitative estimate of drug-likeness (QED) is 0.195. The molecule has 1 fully saturated rings. The van der Waals surface area contributed by atoms with Crippen molar-refractivity contribution < 1.29 is 9.18 Å². The Morgan fingerprint density at radius 1 is 0.957 bits per heavy atom. The van der Waals surface area contributed by atoms with Crippen LogP contribution in [0, 0.1) is 5.82 Å². The molecule has 3 aromatic carbocycles. The lowest BCUT2D eigenvalue weighted by Crippen LogP contribution is -2.49. The van der Waals surface area contributed by atoms with E-state index >= 15 is 0 Å². The van der Waals surface area contributed by atoms with Crippen molar-refractivity contribution in [3.8, 4) is 11.3 Å². The van der Waals surface area contributed by atoms with E-state index in [4.69, 9.17) is 21.6 Å². The minimum atomic E-state index is -0.350. The zero-order valence-corrected chi connectivity index (χ0v) is 27.1. The zero-order valence-electron chi connectivity index (χ0n) is 26.3. The molecule has 246 valence electrons. The molecule has 6 rings (SSSR count). The first kappa shape index (κ1) is 34.2. The summed E-state index contributed by atoms with van der Waals surface area (Å²) in [6.45, 7) is 12.4. The van der Waals surface area contributed by atoms with Gasteiger partial charge in [-0.25, -0.2) is 14.4 Å². The number of fused-ring (bicyclic) bond motifs is 3. The van der Waals surface area contributed by atoms with E-state index in [0.29, 0.717) is 45.6 Å². The number of carbonyl (C=O) groups excluding carboxylic acids is 1. The van der Waals surface area contributed by atoms with Gasteiger partial charge < -0.3 is 15.1 Å². The maximum atomic E-state index is 14.8. The summed E-state index contributed by atoms with van der Waals surface area (Å²) in [5.41, 5.74) is 5.41. The van der Waals surface area contributed by atoms with E-state index < -0.39 is 0 Å². The van der Waals surface area contributed by atoms with Gasteiger partial charge in [-0.1, -0.05) is 51.1 Å². The molecule has 4 aromatic rings.